The third kappa shape index (κ3) is 1.45. The number of aromatic nitrogens is 1. The van der Waals surface area contributed by atoms with E-state index in [4.69, 9.17) is 4.52 Å². The predicted molar refractivity (Wildman–Crippen MR) is 46.6 cm³/mol. The SMILES string of the molecule is Cc1ccc(F)cc1-c1ccno1. The highest BCUT2D eigenvalue weighted by molar-refractivity contribution is 5.61. The summed E-state index contributed by atoms with van der Waals surface area (Å²) >= 11 is 0. The number of nitrogens with zero attached hydrogens (tertiary/aromatic N) is 1. The maximum Gasteiger partial charge on any atom is 0.167 e. The Morgan fingerprint density at radius 1 is 1.31 bits per heavy atom. The molecule has 0 bridgehead atoms. The second kappa shape index (κ2) is 3.01. The van der Waals surface area contributed by atoms with Crippen LogP contribution in [-0.2, 0) is 0 Å². The van der Waals surface area contributed by atoms with E-state index >= 15 is 0 Å². The topological polar surface area (TPSA) is 26.0 Å². The Morgan fingerprint density at radius 3 is 2.85 bits per heavy atom. The summed E-state index contributed by atoms with van der Waals surface area (Å²) in [6.07, 6.45) is 1.54. The third-order valence-corrected chi connectivity index (χ3v) is 1.90. The van der Waals surface area contributed by atoms with Gasteiger partial charge in [-0.1, -0.05) is 11.2 Å². The van der Waals surface area contributed by atoms with Gasteiger partial charge in [-0.3, -0.25) is 0 Å². The first-order valence-corrected chi connectivity index (χ1v) is 3.94. The number of halogens is 1. The highest BCUT2D eigenvalue weighted by Gasteiger charge is 2.06. The smallest absolute Gasteiger partial charge is 0.167 e. The van der Waals surface area contributed by atoms with Gasteiger partial charge in [0.1, 0.15) is 5.82 Å². The molecular formula is C10H8FNO. The summed E-state index contributed by atoms with van der Waals surface area (Å²) in [4.78, 5) is 0. The molecule has 0 aliphatic heterocycles. The first-order chi connectivity index (χ1) is 6.27. The predicted octanol–water partition coefficient (Wildman–Crippen LogP) is 2.79. The Bertz CT molecular complexity index is 409. The van der Waals surface area contributed by atoms with E-state index in [-0.39, 0.29) is 5.82 Å². The number of rotatable bonds is 1. The van der Waals surface area contributed by atoms with Gasteiger partial charge in [0.15, 0.2) is 5.76 Å². The van der Waals surface area contributed by atoms with Crippen LogP contribution < -0.4 is 0 Å². The number of hydrogen-bond acceptors (Lipinski definition) is 2. The molecule has 2 nitrogen and oxygen atoms in total. The average molecular weight is 177 g/mol. The Morgan fingerprint density at radius 2 is 2.15 bits per heavy atom. The lowest BCUT2D eigenvalue weighted by molar-refractivity contribution is 0.432. The molecule has 0 amide bonds. The highest BCUT2D eigenvalue weighted by atomic mass is 19.1. The Balaban J connectivity index is 2.57. The second-order valence-electron chi connectivity index (χ2n) is 2.84. The zero-order valence-electron chi connectivity index (χ0n) is 7.12. The molecule has 2 aromatic rings. The summed E-state index contributed by atoms with van der Waals surface area (Å²) in [6.45, 7) is 1.90. The van der Waals surface area contributed by atoms with Crippen LogP contribution >= 0.6 is 0 Å². The fraction of sp³-hybridized carbons (Fsp3) is 0.100. The van der Waals surface area contributed by atoms with Crippen LogP contribution in [0.4, 0.5) is 4.39 Å². The van der Waals surface area contributed by atoms with Crippen LogP contribution in [0.25, 0.3) is 11.3 Å². The van der Waals surface area contributed by atoms with Crippen LogP contribution in [0.1, 0.15) is 5.56 Å². The molecule has 0 spiro atoms. The molecule has 1 heterocycles. The van der Waals surface area contributed by atoms with Gasteiger partial charge in [-0.15, -0.1) is 0 Å². The molecule has 0 aliphatic rings. The normalized spacial score (nSPS) is 10.3. The quantitative estimate of drug-likeness (QED) is 0.669. The van der Waals surface area contributed by atoms with Crippen molar-refractivity contribution in [3.8, 4) is 11.3 Å². The maximum absolute atomic E-state index is 12.9. The molecule has 0 fully saturated rings. The molecule has 66 valence electrons. The number of benzene rings is 1. The van der Waals surface area contributed by atoms with Gasteiger partial charge in [-0.25, -0.2) is 4.39 Å². The lowest BCUT2D eigenvalue weighted by atomic mass is 10.1. The molecule has 3 heteroatoms. The largest absolute Gasteiger partial charge is 0.356 e. The molecule has 0 saturated carbocycles. The first-order valence-electron chi connectivity index (χ1n) is 3.94. The number of aryl methyl sites for hydroxylation is 1. The Hall–Kier alpha value is -1.64. The molecule has 0 atom stereocenters. The van der Waals surface area contributed by atoms with Crippen molar-refractivity contribution in [2.75, 3.05) is 0 Å². The Labute approximate surface area is 75.0 Å². The Kier molecular flexibility index (Phi) is 1.85. The highest BCUT2D eigenvalue weighted by Crippen LogP contribution is 2.23. The van der Waals surface area contributed by atoms with Gasteiger partial charge >= 0.3 is 0 Å². The summed E-state index contributed by atoms with van der Waals surface area (Å²) in [6, 6.07) is 6.29. The monoisotopic (exact) mass is 177 g/mol. The van der Waals surface area contributed by atoms with Crippen molar-refractivity contribution in [1.29, 1.82) is 0 Å². The van der Waals surface area contributed by atoms with Gasteiger partial charge in [0, 0.05) is 11.6 Å². The molecule has 2 rings (SSSR count). The summed E-state index contributed by atoms with van der Waals surface area (Å²) in [5.41, 5.74) is 1.72. The van der Waals surface area contributed by atoms with E-state index in [1.165, 1.54) is 12.1 Å². The van der Waals surface area contributed by atoms with Crippen LogP contribution in [0.5, 0.6) is 0 Å². The third-order valence-electron chi connectivity index (χ3n) is 1.90. The van der Waals surface area contributed by atoms with Crippen molar-refractivity contribution in [3.05, 3.63) is 41.8 Å². The lowest BCUT2D eigenvalue weighted by Gasteiger charge is -2.00. The molecule has 0 saturated heterocycles. The van der Waals surface area contributed by atoms with Crippen molar-refractivity contribution in [2.45, 2.75) is 6.92 Å². The zero-order chi connectivity index (χ0) is 9.26. The van der Waals surface area contributed by atoms with E-state index < -0.39 is 0 Å². The van der Waals surface area contributed by atoms with Gasteiger partial charge in [-0.05, 0) is 24.6 Å². The summed E-state index contributed by atoms with van der Waals surface area (Å²) < 4.78 is 17.8. The van der Waals surface area contributed by atoms with Crippen LogP contribution in [0.3, 0.4) is 0 Å². The zero-order valence-corrected chi connectivity index (χ0v) is 7.12. The van der Waals surface area contributed by atoms with E-state index in [1.807, 2.05) is 6.92 Å². The van der Waals surface area contributed by atoms with Gasteiger partial charge in [0.2, 0.25) is 0 Å². The van der Waals surface area contributed by atoms with Crippen molar-refractivity contribution in [3.63, 3.8) is 0 Å². The molecule has 1 aromatic carbocycles. The molecule has 0 unspecified atom stereocenters. The summed E-state index contributed by atoms with van der Waals surface area (Å²) in [7, 11) is 0. The first kappa shape index (κ1) is 7.98. The van der Waals surface area contributed by atoms with Crippen LogP contribution in [0.15, 0.2) is 35.0 Å². The minimum absolute atomic E-state index is 0.267. The van der Waals surface area contributed by atoms with E-state index in [2.05, 4.69) is 5.16 Å². The minimum atomic E-state index is -0.267. The van der Waals surface area contributed by atoms with Crippen molar-refractivity contribution >= 4 is 0 Å². The lowest BCUT2D eigenvalue weighted by Crippen LogP contribution is -1.82. The molecule has 0 radical (unpaired) electrons. The molecule has 0 aliphatic carbocycles. The van der Waals surface area contributed by atoms with Gasteiger partial charge in [0.25, 0.3) is 0 Å². The van der Waals surface area contributed by atoms with Gasteiger partial charge in [-0.2, -0.15) is 0 Å². The van der Waals surface area contributed by atoms with Gasteiger partial charge < -0.3 is 4.52 Å². The van der Waals surface area contributed by atoms with E-state index in [1.54, 1.807) is 18.3 Å². The van der Waals surface area contributed by atoms with Crippen molar-refractivity contribution < 1.29 is 8.91 Å². The van der Waals surface area contributed by atoms with Crippen molar-refractivity contribution in [2.24, 2.45) is 0 Å². The fourth-order valence-electron chi connectivity index (χ4n) is 1.21. The van der Waals surface area contributed by atoms with Crippen molar-refractivity contribution in [1.82, 2.24) is 5.16 Å². The van der Waals surface area contributed by atoms with E-state index in [0.717, 1.165) is 11.1 Å². The molecule has 0 N–H and O–H groups in total. The summed E-state index contributed by atoms with van der Waals surface area (Å²) in [5.74, 6) is 0.328. The number of hydrogen-bond donors (Lipinski definition) is 0. The fourth-order valence-corrected chi connectivity index (χ4v) is 1.21. The van der Waals surface area contributed by atoms with Crippen LogP contribution in [0.2, 0.25) is 0 Å². The minimum Gasteiger partial charge on any atom is -0.356 e. The standard InChI is InChI=1S/C10H8FNO/c1-7-2-3-8(11)6-9(7)10-4-5-12-13-10/h2-6H,1H3. The maximum atomic E-state index is 12.9. The molecular weight excluding hydrogens is 169 g/mol. The second-order valence-corrected chi connectivity index (χ2v) is 2.84. The summed E-state index contributed by atoms with van der Waals surface area (Å²) in [5, 5.41) is 3.57. The van der Waals surface area contributed by atoms with Crippen LogP contribution in [-0.4, -0.2) is 5.16 Å². The van der Waals surface area contributed by atoms with Crippen LogP contribution in [0, 0.1) is 12.7 Å². The average Bonchev–Trinajstić information content (AvgIpc) is 2.61. The molecule has 13 heavy (non-hydrogen) atoms. The van der Waals surface area contributed by atoms with E-state index in [9.17, 15) is 4.39 Å². The van der Waals surface area contributed by atoms with Gasteiger partial charge in [0.05, 0.1) is 6.20 Å². The molecule has 1 aromatic heterocycles. The van der Waals surface area contributed by atoms with E-state index in [0.29, 0.717) is 5.76 Å².